The van der Waals surface area contributed by atoms with Crippen LogP contribution in [0.25, 0.3) is 0 Å². The van der Waals surface area contributed by atoms with Gasteiger partial charge >= 0.3 is 6.09 Å². The smallest absolute Gasteiger partial charge is 0.428 e. The Labute approximate surface area is 135 Å². The topological polar surface area (TPSA) is 50.7 Å². The highest BCUT2D eigenvalue weighted by Gasteiger charge is 2.28. The Morgan fingerprint density at radius 3 is 1.77 bits per heavy atom. The molecule has 2 aliphatic rings. The second kappa shape index (κ2) is 7.98. The molecule has 2 aliphatic carbocycles. The van der Waals surface area contributed by atoms with Crippen molar-refractivity contribution in [3.8, 4) is 0 Å². The summed E-state index contributed by atoms with van der Waals surface area (Å²) in [5.41, 5.74) is 3.42. The quantitative estimate of drug-likeness (QED) is 0.587. The van der Waals surface area contributed by atoms with Crippen molar-refractivity contribution in [2.24, 2.45) is 16.9 Å². The van der Waals surface area contributed by atoms with Gasteiger partial charge in [-0.2, -0.15) is 5.10 Å². The van der Waals surface area contributed by atoms with E-state index in [1.165, 1.54) is 69.9 Å². The Morgan fingerprint density at radius 1 is 0.909 bits per heavy atom. The molecule has 0 aliphatic heterocycles. The number of rotatable bonds is 3. The molecule has 2 rings (SSSR count). The van der Waals surface area contributed by atoms with Crippen molar-refractivity contribution in [3.05, 3.63) is 0 Å². The molecule has 2 saturated carbocycles. The van der Waals surface area contributed by atoms with E-state index in [9.17, 15) is 4.79 Å². The fourth-order valence-electron chi connectivity index (χ4n) is 3.72. The first-order valence-corrected chi connectivity index (χ1v) is 9.02. The standard InChI is InChI=1S/C18H32N2O2/c1-18(2,3)22-17(21)20-19-16(14-10-6-4-7-11-14)15-12-8-5-9-13-15/h14-15H,4-13H2,1-3H3,(H,20,21). The van der Waals surface area contributed by atoms with Crippen LogP contribution in [0, 0.1) is 11.8 Å². The Kier molecular flexibility index (Phi) is 6.27. The number of amides is 1. The summed E-state index contributed by atoms with van der Waals surface area (Å²) in [5, 5.41) is 4.55. The van der Waals surface area contributed by atoms with Gasteiger partial charge < -0.3 is 4.74 Å². The summed E-state index contributed by atoms with van der Waals surface area (Å²) in [5.74, 6) is 1.12. The summed E-state index contributed by atoms with van der Waals surface area (Å²) in [6, 6.07) is 0. The van der Waals surface area contributed by atoms with Crippen molar-refractivity contribution >= 4 is 11.8 Å². The molecular weight excluding hydrogens is 276 g/mol. The third kappa shape index (κ3) is 5.62. The number of ether oxygens (including phenoxy) is 1. The molecule has 0 aromatic heterocycles. The predicted octanol–water partition coefficient (Wildman–Crippen LogP) is 5.03. The van der Waals surface area contributed by atoms with E-state index in [1.807, 2.05) is 20.8 Å². The van der Waals surface area contributed by atoms with E-state index in [-0.39, 0.29) is 0 Å². The minimum absolute atomic E-state index is 0.434. The van der Waals surface area contributed by atoms with Crippen LogP contribution < -0.4 is 5.43 Å². The lowest BCUT2D eigenvalue weighted by atomic mass is 9.76. The fraction of sp³-hybridized carbons (Fsp3) is 0.889. The number of carbonyl (C=O) groups excluding carboxylic acids is 1. The Hall–Kier alpha value is -1.06. The maximum atomic E-state index is 11.9. The van der Waals surface area contributed by atoms with Gasteiger partial charge in [-0.25, -0.2) is 10.2 Å². The van der Waals surface area contributed by atoms with E-state index in [2.05, 4.69) is 10.5 Å². The van der Waals surface area contributed by atoms with Gasteiger partial charge in [0.1, 0.15) is 5.60 Å². The minimum atomic E-state index is -0.477. The van der Waals surface area contributed by atoms with E-state index in [0.717, 1.165) is 0 Å². The van der Waals surface area contributed by atoms with Crippen molar-refractivity contribution in [2.45, 2.75) is 90.6 Å². The molecule has 1 amide bonds. The van der Waals surface area contributed by atoms with Crippen LogP contribution in [0.1, 0.15) is 85.0 Å². The van der Waals surface area contributed by atoms with Gasteiger partial charge in [0.15, 0.2) is 0 Å². The van der Waals surface area contributed by atoms with Crippen LogP contribution in [-0.4, -0.2) is 17.4 Å². The number of carbonyl (C=O) groups is 1. The number of nitrogens with one attached hydrogen (secondary N) is 1. The number of hydrazone groups is 1. The SMILES string of the molecule is CC(C)(C)OC(=O)NN=C(C1CCCCC1)C1CCCCC1. The van der Waals surface area contributed by atoms with Crippen LogP contribution in [0.2, 0.25) is 0 Å². The van der Waals surface area contributed by atoms with Gasteiger partial charge in [0, 0.05) is 5.71 Å². The van der Waals surface area contributed by atoms with Gasteiger partial charge in [-0.1, -0.05) is 38.5 Å². The van der Waals surface area contributed by atoms with Gasteiger partial charge in [-0.15, -0.1) is 0 Å². The normalized spacial score (nSPS) is 21.2. The zero-order valence-corrected chi connectivity index (χ0v) is 14.5. The summed E-state index contributed by atoms with van der Waals surface area (Å²) in [4.78, 5) is 11.9. The van der Waals surface area contributed by atoms with Crippen molar-refractivity contribution in [2.75, 3.05) is 0 Å². The van der Waals surface area contributed by atoms with Crippen LogP contribution in [0.4, 0.5) is 4.79 Å². The maximum absolute atomic E-state index is 11.9. The minimum Gasteiger partial charge on any atom is -0.443 e. The fourth-order valence-corrected chi connectivity index (χ4v) is 3.72. The molecule has 0 aromatic rings. The third-order valence-corrected chi connectivity index (χ3v) is 4.72. The molecule has 4 heteroatoms. The first kappa shape index (κ1) is 17.3. The molecule has 0 radical (unpaired) electrons. The van der Waals surface area contributed by atoms with Crippen molar-refractivity contribution in [1.82, 2.24) is 5.43 Å². The van der Waals surface area contributed by atoms with Gasteiger partial charge in [0.2, 0.25) is 0 Å². The average Bonchev–Trinajstić information content (AvgIpc) is 2.48. The number of nitrogens with zero attached hydrogens (tertiary/aromatic N) is 1. The molecule has 0 aromatic carbocycles. The van der Waals surface area contributed by atoms with Crippen LogP contribution >= 0.6 is 0 Å². The Balaban J connectivity index is 2.02. The van der Waals surface area contributed by atoms with E-state index < -0.39 is 11.7 Å². The molecule has 126 valence electrons. The molecule has 0 atom stereocenters. The highest BCUT2D eigenvalue weighted by atomic mass is 16.6. The first-order chi connectivity index (χ1) is 10.5. The predicted molar refractivity (Wildman–Crippen MR) is 90.0 cm³/mol. The summed E-state index contributed by atoms with van der Waals surface area (Å²) < 4.78 is 5.31. The molecule has 0 saturated heterocycles. The summed E-state index contributed by atoms with van der Waals surface area (Å²) in [6.45, 7) is 5.62. The zero-order valence-electron chi connectivity index (χ0n) is 14.5. The molecule has 2 fully saturated rings. The second-order valence-corrected chi connectivity index (χ2v) is 7.82. The third-order valence-electron chi connectivity index (χ3n) is 4.72. The summed E-state index contributed by atoms with van der Waals surface area (Å²) in [6.07, 6.45) is 12.3. The molecule has 4 nitrogen and oxygen atoms in total. The molecule has 1 N–H and O–H groups in total. The molecule has 0 bridgehead atoms. The molecule has 0 heterocycles. The lowest BCUT2D eigenvalue weighted by molar-refractivity contribution is 0.0528. The van der Waals surface area contributed by atoms with Gasteiger partial charge in [-0.05, 0) is 58.3 Å². The van der Waals surface area contributed by atoms with Gasteiger partial charge in [0.05, 0.1) is 0 Å². The summed E-state index contributed by atoms with van der Waals surface area (Å²) in [7, 11) is 0. The largest absolute Gasteiger partial charge is 0.443 e. The number of hydrogen-bond donors (Lipinski definition) is 1. The van der Waals surface area contributed by atoms with E-state index in [4.69, 9.17) is 4.74 Å². The van der Waals surface area contributed by atoms with Crippen LogP contribution in [0.5, 0.6) is 0 Å². The van der Waals surface area contributed by atoms with Gasteiger partial charge in [-0.3, -0.25) is 0 Å². The van der Waals surface area contributed by atoms with Crippen molar-refractivity contribution in [3.63, 3.8) is 0 Å². The van der Waals surface area contributed by atoms with Crippen LogP contribution in [-0.2, 0) is 4.74 Å². The highest BCUT2D eigenvalue weighted by Crippen LogP contribution is 2.33. The maximum Gasteiger partial charge on any atom is 0.428 e. The van der Waals surface area contributed by atoms with E-state index >= 15 is 0 Å². The average molecular weight is 308 g/mol. The summed E-state index contributed by atoms with van der Waals surface area (Å²) >= 11 is 0. The lowest BCUT2D eigenvalue weighted by Gasteiger charge is -2.31. The zero-order chi connectivity index (χ0) is 16.0. The molecular formula is C18H32N2O2. The second-order valence-electron chi connectivity index (χ2n) is 7.82. The van der Waals surface area contributed by atoms with E-state index in [0.29, 0.717) is 11.8 Å². The highest BCUT2D eigenvalue weighted by molar-refractivity contribution is 5.90. The van der Waals surface area contributed by atoms with Crippen molar-refractivity contribution < 1.29 is 9.53 Å². The van der Waals surface area contributed by atoms with Crippen LogP contribution in [0.3, 0.4) is 0 Å². The Bertz CT molecular complexity index is 366. The molecule has 0 unspecified atom stereocenters. The molecule has 0 spiro atoms. The first-order valence-electron chi connectivity index (χ1n) is 9.02. The molecule has 22 heavy (non-hydrogen) atoms. The van der Waals surface area contributed by atoms with Crippen LogP contribution in [0.15, 0.2) is 5.10 Å². The monoisotopic (exact) mass is 308 g/mol. The lowest BCUT2D eigenvalue weighted by Crippen LogP contribution is -2.34. The van der Waals surface area contributed by atoms with E-state index in [1.54, 1.807) is 0 Å². The Morgan fingerprint density at radius 2 is 1.36 bits per heavy atom. The number of hydrogen-bond acceptors (Lipinski definition) is 3. The van der Waals surface area contributed by atoms with Gasteiger partial charge in [0.25, 0.3) is 0 Å². The van der Waals surface area contributed by atoms with Crippen molar-refractivity contribution in [1.29, 1.82) is 0 Å².